The van der Waals surface area contributed by atoms with E-state index in [0.29, 0.717) is 16.7 Å². The maximum absolute atomic E-state index is 12.2. The second-order valence-corrected chi connectivity index (χ2v) is 5.93. The van der Waals surface area contributed by atoms with Gasteiger partial charge in [0.2, 0.25) is 17.7 Å². The Morgan fingerprint density at radius 3 is 2.65 bits per heavy atom. The molecule has 1 aliphatic rings. The molecule has 134 valence electrons. The predicted octanol–water partition coefficient (Wildman–Crippen LogP) is 3.31. The molecule has 8 heteroatoms. The molecule has 0 saturated carbocycles. The minimum absolute atomic E-state index is 0.0888. The lowest BCUT2D eigenvalue weighted by atomic mass is 10.1. The molecule has 3 rings (SSSR count). The number of aromatic hydroxyl groups is 1. The van der Waals surface area contributed by atoms with Crippen molar-refractivity contribution in [1.82, 2.24) is 4.98 Å². The van der Waals surface area contributed by atoms with E-state index in [9.17, 15) is 20.0 Å². The van der Waals surface area contributed by atoms with Crippen LogP contribution >= 0.6 is 0 Å². The van der Waals surface area contributed by atoms with Gasteiger partial charge in [-0.15, -0.1) is 0 Å². The quantitative estimate of drug-likeness (QED) is 0.507. The first kappa shape index (κ1) is 17.4. The number of esters is 1. The fourth-order valence-corrected chi connectivity index (χ4v) is 2.56. The van der Waals surface area contributed by atoms with E-state index in [1.54, 1.807) is 26.0 Å². The summed E-state index contributed by atoms with van der Waals surface area (Å²) < 4.78 is 10.6. The number of nitro groups is 1. The number of carbonyl (C=O) groups excluding carboxylic acids is 1. The van der Waals surface area contributed by atoms with Gasteiger partial charge in [0.15, 0.2) is 0 Å². The lowest BCUT2D eigenvalue weighted by Gasteiger charge is -2.09. The lowest BCUT2D eigenvalue weighted by molar-refractivity contribution is -0.508. The molecule has 0 radical (unpaired) electrons. The Kier molecular flexibility index (Phi) is 4.57. The first-order valence-electron chi connectivity index (χ1n) is 7.85. The summed E-state index contributed by atoms with van der Waals surface area (Å²) in [6.45, 7) is 3.51. The van der Waals surface area contributed by atoms with Crippen molar-refractivity contribution in [2.75, 3.05) is 0 Å². The first-order chi connectivity index (χ1) is 12.3. The standard InChI is InChI=1S/C18H16N2O6/c1-10-7-12(8-11(2)16(10)21)17-19-9-15(26-17)18(22)25-14-5-3-13(4-6-14)20(23)24/h3,5-9,13,21H,4H2,1-2H3. The van der Waals surface area contributed by atoms with Gasteiger partial charge in [-0.3, -0.25) is 10.1 Å². The van der Waals surface area contributed by atoms with Gasteiger partial charge in [-0.25, -0.2) is 9.78 Å². The summed E-state index contributed by atoms with van der Waals surface area (Å²) in [5.74, 6) is -0.184. The van der Waals surface area contributed by atoms with Crippen LogP contribution in [0.3, 0.4) is 0 Å². The molecule has 0 bridgehead atoms. The van der Waals surface area contributed by atoms with Crippen LogP contribution in [0.2, 0.25) is 0 Å². The number of aryl methyl sites for hydroxylation is 2. The van der Waals surface area contributed by atoms with Crippen LogP contribution in [0.4, 0.5) is 0 Å². The minimum atomic E-state index is -0.810. The molecule has 0 saturated heterocycles. The van der Waals surface area contributed by atoms with Crippen LogP contribution in [0.25, 0.3) is 11.5 Å². The zero-order chi connectivity index (χ0) is 18.8. The molecule has 1 aromatic heterocycles. The van der Waals surface area contributed by atoms with E-state index in [0.717, 1.165) is 0 Å². The zero-order valence-electron chi connectivity index (χ0n) is 14.1. The summed E-state index contributed by atoms with van der Waals surface area (Å²) in [6, 6.07) is 2.59. The van der Waals surface area contributed by atoms with E-state index >= 15 is 0 Å². The molecular weight excluding hydrogens is 340 g/mol. The van der Waals surface area contributed by atoms with Crippen LogP contribution in [0.1, 0.15) is 28.1 Å². The molecule has 0 aliphatic heterocycles. The normalized spacial score (nSPS) is 16.2. The highest BCUT2D eigenvalue weighted by Gasteiger charge is 2.22. The van der Waals surface area contributed by atoms with Gasteiger partial charge in [0.25, 0.3) is 0 Å². The Hall–Kier alpha value is -3.42. The number of hydrogen-bond acceptors (Lipinski definition) is 7. The average Bonchev–Trinajstić information content (AvgIpc) is 3.10. The van der Waals surface area contributed by atoms with E-state index in [2.05, 4.69) is 4.98 Å². The monoisotopic (exact) mass is 356 g/mol. The smallest absolute Gasteiger partial charge is 0.381 e. The Labute approximate surface area is 148 Å². The number of nitrogens with zero attached hydrogens (tertiary/aromatic N) is 2. The Balaban J connectivity index is 1.73. The van der Waals surface area contributed by atoms with Gasteiger partial charge in [0, 0.05) is 16.9 Å². The number of ether oxygens (including phenoxy) is 1. The molecule has 26 heavy (non-hydrogen) atoms. The number of phenols is 1. The summed E-state index contributed by atoms with van der Waals surface area (Å²) in [5, 5.41) is 20.5. The van der Waals surface area contributed by atoms with Crippen LogP contribution < -0.4 is 0 Å². The number of benzene rings is 1. The molecule has 0 spiro atoms. The SMILES string of the molecule is Cc1cc(-c2ncc(C(=O)OC3=CCC([N+](=O)[O-])C=C3)o2)cc(C)c1O. The number of aromatic nitrogens is 1. The van der Waals surface area contributed by atoms with Crippen molar-refractivity contribution in [2.45, 2.75) is 26.3 Å². The van der Waals surface area contributed by atoms with Crippen LogP contribution in [-0.2, 0) is 4.74 Å². The number of oxazole rings is 1. The highest BCUT2D eigenvalue weighted by atomic mass is 16.6. The molecule has 0 amide bonds. The average molecular weight is 356 g/mol. The molecule has 1 N–H and O–H groups in total. The van der Waals surface area contributed by atoms with Gasteiger partial charge in [0.1, 0.15) is 11.5 Å². The molecule has 1 unspecified atom stereocenters. The van der Waals surface area contributed by atoms with Crippen molar-refractivity contribution >= 4 is 5.97 Å². The largest absolute Gasteiger partial charge is 0.507 e. The highest BCUT2D eigenvalue weighted by Crippen LogP contribution is 2.29. The van der Waals surface area contributed by atoms with Crippen LogP contribution in [0.5, 0.6) is 5.75 Å². The summed E-state index contributed by atoms with van der Waals surface area (Å²) in [6.07, 6.45) is 5.65. The first-order valence-corrected chi connectivity index (χ1v) is 7.85. The van der Waals surface area contributed by atoms with Gasteiger partial charge < -0.3 is 14.3 Å². The lowest BCUT2D eigenvalue weighted by Crippen LogP contribution is -2.18. The molecule has 1 aliphatic carbocycles. The van der Waals surface area contributed by atoms with Crippen molar-refractivity contribution < 1.29 is 24.0 Å². The Morgan fingerprint density at radius 1 is 1.38 bits per heavy atom. The summed E-state index contributed by atoms with van der Waals surface area (Å²) >= 11 is 0. The van der Waals surface area contributed by atoms with Crippen molar-refractivity contribution in [2.24, 2.45) is 0 Å². The van der Waals surface area contributed by atoms with Crippen LogP contribution in [-0.4, -0.2) is 27.0 Å². The number of rotatable bonds is 4. The molecule has 1 atom stereocenters. The van der Waals surface area contributed by atoms with Gasteiger partial charge in [-0.1, -0.05) is 0 Å². The summed E-state index contributed by atoms with van der Waals surface area (Å²) in [4.78, 5) is 26.5. The maximum atomic E-state index is 12.2. The second kappa shape index (κ2) is 6.83. The highest BCUT2D eigenvalue weighted by molar-refractivity contribution is 5.87. The van der Waals surface area contributed by atoms with Crippen LogP contribution in [0, 0.1) is 24.0 Å². The molecular formula is C18H16N2O6. The number of carbonyl (C=O) groups is 1. The third kappa shape index (κ3) is 3.49. The van der Waals surface area contributed by atoms with Crippen molar-refractivity contribution in [3.63, 3.8) is 0 Å². The fourth-order valence-electron chi connectivity index (χ4n) is 2.56. The predicted molar refractivity (Wildman–Crippen MR) is 91.1 cm³/mol. The van der Waals surface area contributed by atoms with Gasteiger partial charge in [0.05, 0.1) is 6.20 Å². The number of hydrogen-bond donors (Lipinski definition) is 1. The summed E-state index contributed by atoms with van der Waals surface area (Å²) in [5.41, 5.74) is 1.96. The van der Waals surface area contributed by atoms with Crippen molar-refractivity contribution in [3.05, 3.63) is 69.3 Å². The number of phenolic OH excluding ortho intramolecular Hbond substituents is 1. The molecule has 0 fully saturated rings. The van der Waals surface area contributed by atoms with E-state index in [1.807, 2.05) is 0 Å². The van der Waals surface area contributed by atoms with Crippen molar-refractivity contribution in [1.29, 1.82) is 0 Å². The molecule has 2 aromatic rings. The molecule has 8 nitrogen and oxygen atoms in total. The zero-order valence-corrected chi connectivity index (χ0v) is 14.1. The number of allylic oxidation sites excluding steroid dienone is 1. The third-order valence-corrected chi connectivity index (χ3v) is 3.97. The minimum Gasteiger partial charge on any atom is -0.507 e. The van der Waals surface area contributed by atoms with Crippen molar-refractivity contribution in [3.8, 4) is 17.2 Å². The van der Waals surface area contributed by atoms with E-state index in [-0.39, 0.29) is 29.6 Å². The Morgan fingerprint density at radius 2 is 2.08 bits per heavy atom. The maximum Gasteiger partial charge on any atom is 0.381 e. The summed E-state index contributed by atoms with van der Waals surface area (Å²) in [7, 11) is 0. The second-order valence-electron chi connectivity index (χ2n) is 5.93. The topological polar surface area (TPSA) is 116 Å². The van der Waals surface area contributed by atoms with E-state index < -0.39 is 16.9 Å². The molecule has 1 aromatic carbocycles. The molecule has 1 heterocycles. The van der Waals surface area contributed by atoms with Gasteiger partial charge in [-0.05, 0) is 55.3 Å². The van der Waals surface area contributed by atoms with Gasteiger partial charge in [-0.2, -0.15) is 0 Å². The third-order valence-electron chi connectivity index (χ3n) is 3.97. The van der Waals surface area contributed by atoms with Gasteiger partial charge >= 0.3 is 5.97 Å². The van der Waals surface area contributed by atoms with E-state index in [1.165, 1.54) is 24.4 Å². The Bertz CT molecular complexity index is 918. The fraction of sp³-hybridized carbons (Fsp3) is 0.222. The van der Waals surface area contributed by atoms with E-state index in [4.69, 9.17) is 9.15 Å². The van der Waals surface area contributed by atoms with Crippen LogP contribution in [0.15, 0.2) is 46.7 Å².